The van der Waals surface area contributed by atoms with Gasteiger partial charge in [-0.25, -0.2) is 0 Å². The van der Waals surface area contributed by atoms with E-state index in [0.29, 0.717) is 5.92 Å². The number of rotatable bonds is 9. The highest BCUT2D eigenvalue weighted by Gasteiger charge is 2.35. The van der Waals surface area contributed by atoms with Gasteiger partial charge < -0.3 is 9.80 Å². The van der Waals surface area contributed by atoms with E-state index in [2.05, 4.69) is 221 Å². The molecule has 63 heavy (non-hydrogen) atoms. The van der Waals surface area contributed by atoms with Crippen LogP contribution in [0.1, 0.15) is 84.5 Å². The van der Waals surface area contributed by atoms with Gasteiger partial charge in [0.15, 0.2) is 0 Å². The predicted molar refractivity (Wildman–Crippen MR) is 285 cm³/mol. The molecule has 0 unspecified atom stereocenters. The molecule has 0 saturated heterocycles. The Labute approximate surface area is 380 Å². The molecule has 4 heteroatoms. The van der Waals surface area contributed by atoms with Crippen molar-refractivity contribution in [2.45, 2.75) is 126 Å². The van der Waals surface area contributed by atoms with E-state index < -0.39 is 16.1 Å². The first-order chi connectivity index (χ1) is 29.7. The average molecular weight is 861 g/mol. The van der Waals surface area contributed by atoms with Crippen molar-refractivity contribution < 1.29 is 0 Å². The molecule has 0 radical (unpaired) electrons. The van der Waals surface area contributed by atoms with E-state index in [1.165, 1.54) is 121 Å². The van der Waals surface area contributed by atoms with E-state index in [9.17, 15) is 0 Å². The van der Waals surface area contributed by atoms with Gasteiger partial charge >= 0.3 is 0 Å². The quantitative estimate of drug-likeness (QED) is 0.105. The standard InChI is InChI=1S/C59H68N2Si2/c1-36(2)48-35-53(61(58-40(6)21-17-22-41(58)7)51-33-45(63(13,14)15)26-25-37(51)3)49-34-50-54-42(29-30-59(50,8)9)31-52(47-28-27-46(48)55(49)56(47)54)60(57-38(4)19-16-20-39(57)5)43-23-18-24-44(32-43)62(10,11)12/h16-28,31-36H,29-30H2,1-15H3. The maximum atomic E-state index is 2.68. The van der Waals surface area contributed by atoms with Crippen molar-refractivity contribution in [3.05, 3.63) is 154 Å². The molecular weight excluding hydrogens is 793 g/mol. The highest BCUT2D eigenvalue weighted by Crippen LogP contribution is 2.55. The molecule has 0 heterocycles. The summed E-state index contributed by atoms with van der Waals surface area (Å²) < 4.78 is 0. The Morgan fingerprint density at radius 2 is 1.05 bits per heavy atom. The van der Waals surface area contributed by atoms with Crippen LogP contribution in [-0.2, 0) is 11.8 Å². The Balaban J connectivity index is 1.49. The molecule has 1 aliphatic rings. The number of nitrogens with zero attached hydrogens (tertiary/aromatic N) is 2. The first-order valence-electron chi connectivity index (χ1n) is 23.4. The van der Waals surface area contributed by atoms with Crippen LogP contribution < -0.4 is 20.2 Å². The van der Waals surface area contributed by atoms with Crippen LogP contribution in [0.2, 0.25) is 39.3 Å². The minimum atomic E-state index is -1.66. The van der Waals surface area contributed by atoms with Crippen LogP contribution in [0, 0.1) is 34.6 Å². The summed E-state index contributed by atoms with van der Waals surface area (Å²) in [6.45, 7) is 36.1. The van der Waals surface area contributed by atoms with Crippen LogP contribution in [0.4, 0.5) is 34.1 Å². The van der Waals surface area contributed by atoms with Crippen LogP contribution in [0.15, 0.2) is 109 Å². The highest BCUT2D eigenvalue weighted by atomic mass is 28.3. The second-order valence-electron chi connectivity index (χ2n) is 22.0. The normalized spacial score (nSPS) is 14.1. The lowest BCUT2D eigenvalue weighted by Gasteiger charge is -2.38. The summed E-state index contributed by atoms with van der Waals surface area (Å²) in [6, 6.07) is 43.2. The Hall–Kier alpha value is -5.17. The Kier molecular flexibility index (Phi) is 10.4. The fraction of sp³-hybridized carbons (Fsp3) is 0.322. The molecule has 9 rings (SSSR count). The molecule has 0 aliphatic heterocycles. The molecule has 0 atom stereocenters. The number of anilines is 6. The number of aryl methyl sites for hydroxylation is 6. The van der Waals surface area contributed by atoms with Crippen molar-refractivity contribution in [1.29, 1.82) is 0 Å². The summed E-state index contributed by atoms with van der Waals surface area (Å²) in [5.41, 5.74) is 18.5. The van der Waals surface area contributed by atoms with Gasteiger partial charge in [-0.15, -0.1) is 0 Å². The van der Waals surface area contributed by atoms with Gasteiger partial charge in [-0.3, -0.25) is 0 Å². The summed E-state index contributed by atoms with van der Waals surface area (Å²) in [4.78, 5) is 5.31. The second-order valence-corrected chi connectivity index (χ2v) is 32.2. The molecule has 8 aromatic carbocycles. The van der Waals surface area contributed by atoms with Gasteiger partial charge in [0.25, 0.3) is 0 Å². The molecular formula is C59H68N2Si2. The zero-order valence-electron chi connectivity index (χ0n) is 40.8. The molecule has 0 amide bonds. The molecule has 1 aliphatic carbocycles. The molecule has 0 aromatic heterocycles. The third-order valence-corrected chi connectivity index (χ3v) is 18.6. The molecule has 0 bridgehead atoms. The Morgan fingerprint density at radius 1 is 0.492 bits per heavy atom. The number of benzene rings is 8. The van der Waals surface area contributed by atoms with Crippen molar-refractivity contribution >= 4 is 93.0 Å². The minimum absolute atomic E-state index is 0.00430. The first kappa shape index (κ1) is 43.1. The van der Waals surface area contributed by atoms with E-state index in [4.69, 9.17) is 0 Å². The molecule has 0 saturated carbocycles. The van der Waals surface area contributed by atoms with Crippen LogP contribution in [-0.4, -0.2) is 16.1 Å². The topological polar surface area (TPSA) is 6.48 Å². The van der Waals surface area contributed by atoms with Gasteiger partial charge in [0.05, 0.1) is 38.9 Å². The Bertz CT molecular complexity index is 3060. The van der Waals surface area contributed by atoms with Crippen molar-refractivity contribution in [1.82, 2.24) is 0 Å². The zero-order chi connectivity index (χ0) is 45.1. The smallest absolute Gasteiger partial charge is 0.0776 e. The summed E-state index contributed by atoms with van der Waals surface area (Å²) in [7, 11) is -3.28. The summed E-state index contributed by atoms with van der Waals surface area (Å²) in [6.07, 6.45) is 2.16. The fourth-order valence-electron chi connectivity index (χ4n) is 10.8. The van der Waals surface area contributed by atoms with E-state index >= 15 is 0 Å². The molecule has 0 N–H and O–H groups in total. The largest absolute Gasteiger partial charge is 0.309 e. The summed E-state index contributed by atoms with van der Waals surface area (Å²) >= 11 is 0. The fourth-order valence-corrected chi connectivity index (χ4v) is 13.2. The molecule has 0 fully saturated rings. The van der Waals surface area contributed by atoms with Crippen molar-refractivity contribution in [3.63, 3.8) is 0 Å². The second kappa shape index (κ2) is 15.2. The van der Waals surface area contributed by atoms with Crippen molar-refractivity contribution in [3.8, 4) is 0 Å². The minimum Gasteiger partial charge on any atom is -0.309 e. The summed E-state index contributed by atoms with van der Waals surface area (Å²) in [5.74, 6) is 0.320. The van der Waals surface area contributed by atoms with Gasteiger partial charge in [-0.2, -0.15) is 0 Å². The number of hydrogen-bond acceptors (Lipinski definition) is 2. The van der Waals surface area contributed by atoms with E-state index in [-0.39, 0.29) is 5.41 Å². The average Bonchev–Trinajstić information content (AvgIpc) is 3.21. The lowest BCUT2D eigenvalue weighted by atomic mass is 9.70. The maximum Gasteiger partial charge on any atom is 0.0776 e. The van der Waals surface area contributed by atoms with Crippen molar-refractivity contribution in [2.24, 2.45) is 0 Å². The molecule has 2 nitrogen and oxygen atoms in total. The zero-order valence-corrected chi connectivity index (χ0v) is 42.8. The third-order valence-electron chi connectivity index (χ3n) is 14.5. The number of para-hydroxylation sites is 2. The van der Waals surface area contributed by atoms with Crippen molar-refractivity contribution in [2.75, 3.05) is 9.80 Å². The molecule has 0 spiro atoms. The summed E-state index contributed by atoms with van der Waals surface area (Å²) in [5, 5.41) is 11.3. The Morgan fingerprint density at radius 3 is 1.65 bits per heavy atom. The van der Waals surface area contributed by atoms with Crippen LogP contribution in [0.25, 0.3) is 32.3 Å². The van der Waals surface area contributed by atoms with Gasteiger partial charge in [0, 0.05) is 27.5 Å². The maximum absolute atomic E-state index is 2.68. The third kappa shape index (κ3) is 7.13. The molecule has 8 aromatic rings. The van der Waals surface area contributed by atoms with Gasteiger partial charge in [-0.1, -0.05) is 150 Å². The van der Waals surface area contributed by atoms with Gasteiger partial charge in [0.2, 0.25) is 0 Å². The number of hydrogen-bond donors (Lipinski definition) is 0. The monoisotopic (exact) mass is 860 g/mol. The lowest BCUT2D eigenvalue weighted by Crippen LogP contribution is -2.38. The van der Waals surface area contributed by atoms with Gasteiger partial charge in [-0.05, 0) is 156 Å². The predicted octanol–water partition coefficient (Wildman–Crippen LogP) is 16.5. The first-order valence-corrected chi connectivity index (χ1v) is 30.4. The molecule has 322 valence electrons. The van der Waals surface area contributed by atoms with E-state index in [1.807, 2.05) is 0 Å². The van der Waals surface area contributed by atoms with E-state index in [1.54, 1.807) is 0 Å². The van der Waals surface area contributed by atoms with E-state index in [0.717, 1.165) is 12.8 Å². The van der Waals surface area contributed by atoms with Crippen LogP contribution >= 0.6 is 0 Å². The SMILES string of the molecule is Cc1ccc([Si](C)(C)C)cc1N(c1c(C)cccc1C)c1cc(C(C)C)c2ccc3c(N(c4cccc([Si](C)(C)C)c4)c4c(C)cccc4C)cc4c5c(cc1c2c35)C(C)(C)CC4. The van der Waals surface area contributed by atoms with Crippen LogP contribution in [0.5, 0.6) is 0 Å². The van der Waals surface area contributed by atoms with Crippen LogP contribution in [0.3, 0.4) is 0 Å². The lowest BCUT2D eigenvalue weighted by molar-refractivity contribution is 0.475. The highest BCUT2D eigenvalue weighted by molar-refractivity contribution is 6.89. The van der Waals surface area contributed by atoms with Gasteiger partial charge in [0.1, 0.15) is 0 Å².